The van der Waals surface area contributed by atoms with E-state index < -0.39 is 0 Å². The molecule has 0 saturated heterocycles. The van der Waals surface area contributed by atoms with Gasteiger partial charge in [0.15, 0.2) is 0 Å². The molecule has 0 atom stereocenters. The van der Waals surface area contributed by atoms with Gasteiger partial charge in [-0.2, -0.15) is 0 Å². The van der Waals surface area contributed by atoms with Gasteiger partial charge in [-0.1, -0.05) is 6.58 Å². The van der Waals surface area contributed by atoms with Crippen LogP contribution in [0.1, 0.15) is 6.42 Å². The van der Waals surface area contributed by atoms with Gasteiger partial charge in [0, 0.05) is 18.8 Å². The zero-order valence-electron chi connectivity index (χ0n) is 7.56. The van der Waals surface area contributed by atoms with Crippen LogP contribution in [0.4, 0.5) is 0 Å². The van der Waals surface area contributed by atoms with Crippen LogP contribution in [0.5, 0.6) is 0 Å². The molecule has 0 saturated carbocycles. The Morgan fingerprint density at radius 2 is 2.18 bits per heavy atom. The van der Waals surface area contributed by atoms with Crippen LogP contribution in [0.15, 0.2) is 12.3 Å². The van der Waals surface area contributed by atoms with Gasteiger partial charge in [-0.25, -0.2) is 0 Å². The van der Waals surface area contributed by atoms with Gasteiger partial charge in [-0.05, 0) is 27.1 Å². The smallest absolute Gasteiger partial charge is 0.0322 e. The number of hydrogen-bond acceptors (Lipinski definition) is 3. The highest BCUT2D eigenvalue weighted by atomic mass is 15.1. The summed E-state index contributed by atoms with van der Waals surface area (Å²) in [7, 11) is 4.13. The molecule has 0 aliphatic rings. The van der Waals surface area contributed by atoms with Crippen molar-refractivity contribution < 1.29 is 0 Å². The molecular weight excluding hydrogens is 138 g/mol. The second-order valence-electron chi connectivity index (χ2n) is 2.89. The van der Waals surface area contributed by atoms with Gasteiger partial charge in [0.2, 0.25) is 0 Å². The molecule has 0 bridgehead atoms. The lowest BCUT2D eigenvalue weighted by Crippen LogP contribution is -2.23. The molecule has 0 unspecified atom stereocenters. The van der Waals surface area contributed by atoms with E-state index in [4.69, 9.17) is 5.73 Å². The lowest BCUT2D eigenvalue weighted by atomic mass is 10.4. The van der Waals surface area contributed by atoms with Crippen LogP contribution in [0, 0.1) is 0 Å². The molecule has 0 radical (unpaired) electrons. The second kappa shape index (κ2) is 6.19. The minimum atomic E-state index is 0.530. The monoisotopic (exact) mass is 157 g/mol. The fourth-order valence-electron chi connectivity index (χ4n) is 0.733. The summed E-state index contributed by atoms with van der Waals surface area (Å²) in [6.45, 7) is 6.34. The van der Waals surface area contributed by atoms with Crippen molar-refractivity contribution in [3.05, 3.63) is 12.3 Å². The van der Waals surface area contributed by atoms with E-state index in [-0.39, 0.29) is 0 Å². The zero-order chi connectivity index (χ0) is 8.69. The summed E-state index contributed by atoms with van der Waals surface area (Å²) in [5.74, 6) is 0. The van der Waals surface area contributed by atoms with Crippen LogP contribution in [0.25, 0.3) is 0 Å². The third kappa shape index (κ3) is 7.36. The van der Waals surface area contributed by atoms with Crippen LogP contribution >= 0.6 is 0 Å². The first-order chi connectivity index (χ1) is 5.16. The first-order valence-electron chi connectivity index (χ1n) is 3.93. The third-order valence-electron chi connectivity index (χ3n) is 1.40. The van der Waals surface area contributed by atoms with Gasteiger partial charge in [0.05, 0.1) is 0 Å². The van der Waals surface area contributed by atoms with E-state index in [2.05, 4.69) is 30.9 Å². The van der Waals surface area contributed by atoms with Crippen molar-refractivity contribution in [2.75, 3.05) is 33.7 Å². The van der Waals surface area contributed by atoms with E-state index in [0.29, 0.717) is 6.54 Å². The Balaban J connectivity index is 3.08. The molecule has 0 aliphatic heterocycles. The Hall–Kier alpha value is -0.540. The van der Waals surface area contributed by atoms with Gasteiger partial charge < -0.3 is 16.0 Å². The number of hydrogen-bond donors (Lipinski definition) is 2. The Morgan fingerprint density at radius 3 is 2.64 bits per heavy atom. The normalized spacial score (nSPS) is 10.2. The van der Waals surface area contributed by atoms with Crippen molar-refractivity contribution in [1.82, 2.24) is 10.2 Å². The Morgan fingerprint density at radius 1 is 1.55 bits per heavy atom. The second-order valence-corrected chi connectivity index (χ2v) is 2.89. The van der Waals surface area contributed by atoms with Crippen molar-refractivity contribution in [2.24, 2.45) is 5.73 Å². The molecule has 3 N–H and O–H groups in total. The summed E-state index contributed by atoms with van der Waals surface area (Å²) in [5, 5.41) is 3.14. The first kappa shape index (κ1) is 10.5. The molecule has 3 nitrogen and oxygen atoms in total. The number of nitrogens with two attached hydrogens (primary N) is 1. The molecule has 0 rings (SSSR count). The van der Waals surface area contributed by atoms with Gasteiger partial charge >= 0.3 is 0 Å². The van der Waals surface area contributed by atoms with Gasteiger partial charge in [0.1, 0.15) is 0 Å². The van der Waals surface area contributed by atoms with Crippen LogP contribution in [0.2, 0.25) is 0 Å². The highest BCUT2D eigenvalue weighted by molar-refractivity contribution is 4.91. The maximum atomic E-state index is 5.34. The molecule has 0 amide bonds. The van der Waals surface area contributed by atoms with Crippen molar-refractivity contribution in [1.29, 1.82) is 0 Å². The SMILES string of the molecule is C=C(CN)NCCCN(C)C. The summed E-state index contributed by atoms with van der Waals surface area (Å²) >= 11 is 0. The molecule has 0 heterocycles. The lowest BCUT2D eigenvalue weighted by molar-refractivity contribution is 0.398. The Labute approximate surface area is 69.3 Å². The van der Waals surface area contributed by atoms with Crippen LogP contribution in [-0.2, 0) is 0 Å². The van der Waals surface area contributed by atoms with E-state index in [9.17, 15) is 0 Å². The van der Waals surface area contributed by atoms with Crippen LogP contribution in [0.3, 0.4) is 0 Å². The average Bonchev–Trinajstić information content (AvgIpc) is 1.97. The van der Waals surface area contributed by atoms with Crippen molar-refractivity contribution in [2.45, 2.75) is 6.42 Å². The highest BCUT2D eigenvalue weighted by Crippen LogP contribution is 1.83. The summed E-state index contributed by atoms with van der Waals surface area (Å²) in [4.78, 5) is 2.16. The van der Waals surface area contributed by atoms with Gasteiger partial charge in [0.25, 0.3) is 0 Å². The predicted octanol–water partition coefficient (Wildman–Crippen LogP) is 0.000100. The maximum absolute atomic E-state index is 5.34. The zero-order valence-corrected chi connectivity index (χ0v) is 7.56. The molecule has 66 valence electrons. The fourth-order valence-corrected chi connectivity index (χ4v) is 0.733. The average molecular weight is 157 g/mol. The van der Waals surface area contributed by atoms with Gasteiger partial charge in [-0.15, -0.1) is 0 Å². The number of rotatable bonds is 6. The fraction of sp³-hybridized carbons (Fsp3) is 0.750. The quantitative estimate of drug-likeness (QED) is 0.533. The van der Waals surface area contributed by atoms with E-state index in [1.165, 1.54) is 0 Å². The summed E-state index contributed by atoms with van der Waals surface area (Å²) in [5.41, 5.74) is 6.26. The molecular formula is C8H19N3. The molecule has 11 heavy (non-hydrogen) atoms. The van der Waals surface area contributed by atoms with Crippen molar-refractivity contribution in [3.8, 4) is 0 Å². The molecule has 0 aromatic carbocycles. The van der Waals surface area contributed by atoms with Crippen LogP contribution < -0.4 is 11.1 Å². The van der Waals surface area contributed by atoms with Gasteiger partial charge in [-0.3, -0.25) is 0 Å². The Kier molecular flexibility index (Phi) is 5.88. The summed E-state index contributed by atoms with van der Waals surface area (Å²) < 4.78 is 0. The van der Waals surface area contributed by atoms with E-state index in [1.807, 2.05) is 0 Å². The molecule has 3 heteroatoms. The van der Waals surface area contributed by atoms with E-state index >= 15 is 0 Å². The van der Waals surface area contributed by atoms with Crippen molar-refractivity contribution >= 4 is 0 Å². The van der Waals surface area contributed by atoms with Crippen LogP contribution in [-0.4, -0.2) is 38.6 Å². The molecule has 0 aromatic rings. The largest absolute Gasteiger partial charge is 0.388 e. The topological polar surface area (TPSA) is 41.3 Å². The maximum Gasteiger partial charge on any atom is 0.0322 e. The standard InChI is InChI=1S/C8H19N3/c1-8(7-9)10-5-4-6-11(2)3/h10H,1,4-7,9H2,2-3H3. The molecule has 0 spiro atoms. The number of nitrogens with one attached hydrogen (secondary N) is 1. The molecule has 0 aromatic heterocycles. The third-order valence-corrected chi connectivity index (χ3v) is 1.40. The summed E-state index contributed by atoms with van der Waals surface area (Å²) in [6.07, 6.45) is 1.13. The summed E-state index contributed by atoms with van der Waals surface area (Å²) in [6, 6.07) is 0. The molecule has 0 aliphatic carbocycles. The van der Waals surface area contributed by atoms with Crippen molar-refractivity contribution in [3.63, 3.8) is 0 Å². The van der Waals surface area contributed by atoms with E-state index in [1.54, 1.807) is 0 Å². The highest BCUT2D eigenvalue weighted by Gasteiger charge is 1.90. The Bertz CT molecular complexity index is 110. The first-order valence-corrected chi connectivity index (χ1v) is 3.93. The minimum absolute atomic E-state index is 0.530. The predicted molar refractivity (Wildman–Crippen MR) is 49.4 cm³/mol. The minimum Gasteiger partial charge on any atom is -0.388 e. The lowest BCUT2D eigenvalue weighted by Gasteiger charge is -2.10. The van der Waals surface area contributed by atoms with E-state index in [0.717, 1.165) is 25.2 Å². The number of nitrogens with zero attached hydrogens (tertiary/aromatic N) is 1. The molecule has 0 fully saturated rings.